The van der Waals surface area contributed by atoms with Crippen molar-refractivity contribution in [2.75, 3.05) is 17.7 Å². The highest BCUT2D eigenvalue weighted by molar-refractivity contribution is 5.68. The van der Waals surface area contributed by atoms with Crippen LogP contribution in [0.15, 0.2) is 42.5 Å². The van der Waals surface area contributed by atoms with Gasteiger partial charge in [-0.2, -0.15) is 0 Å². The molecule has 18 heavy (non-hydrogen) atoms. The summed E-state index contributed by atoms with van der Waals surface area (Å²) in [5.41, 5.74) is 10.1. The number of benzene rings is 2. The van der Waals surface area contributed by atoms with E-state index in [1.807, 2.05) is 37.3 Å². The van der Waals surface area contributed by atoms with E-state index in [1.165, 1.54) is 11.1 Å². The van der Waals surface area contributed by atoms with Crippen LogP contribution in [0.5, 0.6) is 5.75 Å². The standard InChI is InChI=1S/C15H16N2O/c1-10-6-7-13(12(16)8-10)17-14-9-18-15-5-3-2-4-11(14)15/h2-8,14,17H,9,16H2,1H3. The third-order valence-corrected chi connectivity index (χ3v) is 3.24. The van der Waals surface area contributed by atoms with E-state index in [-0.39, 0.29) is 6.04 Å². The van der Waals surface area contributed by atoms with Gasteiger partial charge in [0.05, 0.1) is 17.4 Å². The molecule has 0 bridgehead atoms. The highest BCUT2D eigenvalue weighted by Gasteiger charge is 2.23. The largest absolute Gasteiger partial charge is 0.491 e. The summed E-state index contributed by atoms with van der Waals surface area (Å²) in [6, 6.07) is 14.3. The number of anilines is 2. The Labute approximate surface area is 107 Å². The zero-order valence-electron chi connectivity index (χ0n) is 10.3. The Balaban J connectivity index is 1.86. The molecule has 0 spiro atoms. The predicted molar refractivity (Wildman–Crippen MR) is 73.9 cm³/mol. The van der Waals surface area contributed by atoms with Crippen molar-refractivity contribution >= 4 is 11.4 Å². The van der Waals surface area contributed by atoms with Gasteiger partial charge >= 0.3 is 0 Å². The molecule has 1 heterocycles. The van der Waals surface area contributed by atoms with Crippen LogP contribution in [0.25, 0.3) is 0 Å². The van der Waals surface area contributed by atoms with E-state index in [4.69, 9.17) is 10.5 Å². The molecular formula is C15H16N2O. The molecule has 0 amide bonds. The van der Waals surface area contributed by atoms with Gasteiger partial charge < -0.3 is 15.8 Å². The van der Waals surface area contributed by atoms with Crippen LogP contribution in [-0.4, -0.2) is 6.61 Å². The molecule has 2 aromatic carbocycles. The predicted octanol–water partition coefficient (Wildman–Crippen LogP) is 3.12. The van der Waals surface area contributed by atoms with Crippen molar-refractivity contribution in [3.05, 3.63) is 53.6 Å². The number of fused-ring (bicyclic) bond motifs is 1. The normalized spacial score (nSPS) is 17.1. The first-order valence-electron chi connectivity index (χ1n) is 6.08. The van der Waals surface area contributed by atoms with Gasteiger partial charge in [0.25, 0.3) is 0 Å². The molecule has 3 rings (SSSR count). The Morgan fingerprint density at radius 3 is 2.89 bits per heavy atom. The van der Waals surface area contributed by atoms with Crippen LogP contribution in [0.2, 0.25) is 0 Å². The van der Waals surface area contributed by atoms with Gasteiger partial charge in [0.1, 0.15) is 12.4 Å². The molecule has 0 radical (unpaired) electrons. The van der Waals surface area contributed by atoms with Crippen LogP contribution in [0.4, 0.5) is 11.4 Å². The quantitative estimate of drug-likeness (QED) is 0.793. The van der Waals surface area contributed by atoms with E-state index in [0.29, 0.717) is 6.61 Å². The minimum Gasteiger partial charge on any atom is -0.491 e. The highest BCUT2D eigenvalue weighted by Crippen LogP contribution is 2.35. The average molecular weight is 240 g/mol. The first kappa shape index (κ1) is 11.0. The van der Waals surface area contributed by atoms with Crippen LogP contribution in [0.3, 0.4) is 0 Å². The molecule has 2 aromatic rings. The van der Waals surface area contributed by atoms with Crippen LogP contribution in [0, 0.1) is 6.92 Å². The summed E-state index contributed by atoms with van der Waals surface area (Å²) in [7, 11) is 0. The summed E-state index contributed by atoms with van der Waals surface area (Å²) in [5, 5.41) is 3.44. The van der Waals surface area contributed by atoms with E-state index in [9.17, 15) is 0 Å². The van der Waals surface area contributed by atoms with Crippen LogP contribution in [-0.2, 0) is 0 Å². The molecule has 3 nitrogen and oxygen atoms in total. The summed E-state index contributed by atoms with van der Waals surface area (Å²) in [6.45, 7) is 2.68. The fraction of sp³-hybridized carbons (Fsp3) is 0.200. The maximum atomic E-state index is 6.02. The topological polar surface area (TPSA) is 47.3 Å². The molecule has 1 unspecified atom stereocenters. The lowest BCUT2D eigenvalue weighted by atomic mass is 10.1. The number of para-hydroxylation sites is 1. The van der Waals surface area contributed by atoms with E-state index < -0.39 is 0 Å². The Kier molecular flexibility index (Phi) is 2.59. The first-order chi connectivity index (χ1) is 8.74. The summed E-state index contributed by atoms with van der Waals surface area (Å²) >= 11 is 0. The monoisotopic (exact) mass is 240 g/mol. The highest BCUT2D eigenvalue weighted by atomic mass is 16.5. The summed E-state index contributed by atoms with van der Waals surface area (Å²) < 4.78 is 5.64. The second kappa shape index (κ2) is 4.26. The van der Waals surface area contributed by atoms with Crippen molar-refractivity contribution in [3.63, 3.8) is 0 Å². The molecular weight excluding hydrogens is 224 g/mol. The van der Waals surface area contributed by atoms with E-state index in [1.54, 1.807) is 0 Å². The molecule has 1 atom stereocenters. The molecule has 0 saturated carbocycles. The van der Waals surface area contributed by atoms with Gasteiger partial charge in [-0.3, -0.25) is 0 Å². The number of nitrogen functional groups attached to an aromatic ring is 1. The molecule has 0 saturated heterocycles. The lowest BCUT2D eigenvalue weighted by Gasteiger charge is -2.15. The van der Waals surface area contributed by atoms with Gasteiger partial charge in [-0.25, -0.2) is 0 Å². The molecule has 0 fully saturated rings. The Hall–Kier alpha value is -2.16. The average Bonchev–Trinajstić information content (AvgIpc) is 2.76. The molecule has 3 N–H and O–H groups in total. The van der Waals surface area contributed by atoms with Crippen LogP contribution < -0.4 is 15.8 Å². The first-order valence-corrected chi connectivity index (χ1v) is 6.08. The molecule has 3 heteroatoms. The Morgan fingerprint density at radius 1 is 1.22 bits per heavy atom. The smallest absolute Gasteiger partial charge is 0.124 e. The molecule has 1 aliphatic heterocycles. The minimum atomic E-state index is 0.172. The van der Waals surface area contributed by atoms with E-state index >= 15 is 0 Å². The van der Waals surface area contributed by atoms with Gasteiger partial charge in [-0.05, 0) is 30.7 Å². The number of ether oxygens (including phenoxy) is 1. The third kappa shape index (κ3) is 1.88. The molecule has 1 aliphatic rings. The van der Waals surface area contributed by atoms with Crippen molar-refractivity contribution in [1.29, 1.82) is 0 Å². The third-order valence-electron chi connectivity index (χ3n) is 3.24. The van der Waals surface area contributed by atoms with Crippen molar-refractivity contribution in [2.45, 2.75) is 13.0 Å². The number of rotatable bonds is 2. The number of nitrogens with two attached hydrogens (primary N) is 1. The van der Waals surface area contributed by atoms with Crippen molar-refractivity contribution in [2.24, 2.45) is 0 Å². The molecule has 92 valence electrons. The fourth-order valence-corrected chi connectivity index (χ4v) is 2.28. The van der Waals surface area contributed by atoms with Crippen molar-refractivity contribution in [3.8, 4) is 5.75 Å². The number of aryl methyl sites for hydroxylation is 1. The van der Waals surface area contributed by atoms with Gasteiger partial charge in [0.15, 0.2) is 0 Å². The maximum Gasteiger partial charge on any atom is 0.124 e. The van der Waals surface area contributed by atoms with Crippen LogP contribution in [0.1, 0.15) is 17.2 Å². The lowest BCUT2D eigenvalue weighted by Crippen LogP contribution is -2.13. The maximum absolute atomic E-state index is 6.02. The number of nitrogens with one attached hydrogen (secondary N) is 1. The molecule has 0 aliphatic carbocycles. The Morgan fingerprint density at radius 2 is 2.06 bits per heavy atom. The van der Waals surface area contributed by atoms with Crippen molar-refractivity contribution in [1.82, 2.24) is 0 Å². The van der Waals surface area contributed by atoms with Gasteiger partial charge in [-0.1, -0.05) is 24.3 Å². The summed E-state index contributed by atoms with van der Waals surface area (Å²) in [6.07, 6.45) is 0. The second-order valence-corrected chi connectivity index (χ2v) is 4.64. The zero-order valence-corrected chi connectivity index (χ0v) is 10.3. The van der Waals surface area contributed by atoms with Gasteiger partial charge in [0.2, 0.25) is 0 Å². The van der Waals surface area contributed by atoms with Gasteiger partial charge in [-0.15, -0.1) is 0 Å². The molecule has 0 aromatic heterocycles. The van der Waals surface area contributed by atoms with E-state index in [0.717, 1.165) is 17.1 Å². The summed E-state index contributed by atoms with van der Waals surface area (Å²) in [5.74, 6) is 0.959. The second-order valence-electron chi connectivity index (χ2n) is 4.64. The SMILES string of the molecule is Cc1ccc(NC2COc3ccccc32)c(N)c1. The fourth-order valence-electron chi connectivity index (χ4n) is 2.28. The van der Waals surface area contributed by atoms with Crippen LogP contribution >= 0.6 is 0 Å². The number of hydrogen-bond acceptors (Lipinski definition) is 3. The van der Waals surface area contributed by atoms with Crippen molar-refractivity contribution < 1.29 is 4.74 Å². The minimum absolute atomic E-state index is 0.172. The zero-order chi connectivity index (χ0) is 12.5. The van der Waals surface area contributed by atoms with E-state index in [2.05, 4.69) is 17.4 Å². The lowest BCUT2D eigenvalue weighted by molar-refractivity contribution is 0.340. The summed E-state index contributed by atoms with van der Waals surface area (Å²) in [4.78, 5) is 0. The van der Waals surface area contributed by atoms with Gasteiger partial charge in [0, 0.05) is 5.56 Å². The Bertz CT molecular complexity index is 580. The number of hydrogen-bond donors (Lipinski definition) is 2.